The summed E-state index contributed by atoms with van der Waals surface area (Å²) in [6.45, 7) is 6.17. The Hall–Kier alpha value is -1.53. The van der Waals surface area contributed by atoms with E-state index in [2.05, 4.69) is 24.1 Å². The first-order chi connectivity index (χ1) is 10.5. The van der Waals surface area contributed by atoms with Crippen molar-refractivity contribution in [1.82, 2.24) is 4.98 Å². The molecule has 0 fully saturated rings. The highest BCUT2D eigenvalue weighted by Crippen LogP contribution is 2.33. The standard InChI is InChI=1S/C16H20N2O2S2/c1-10(2)21-9-15(19)18-16-17-13(8-22-16)12-7-11(3)5-6-14(12)20-4/h5-8,10H,9H2,1-4H3,(H,17,18,19). The van der Waals surface area contributed by atoms with E-state index in [0.29, 0.717) is 16.1 Å². The first-order valence-corrected chi connectivity index (χ1v) is 8.94. The second kappa shape index (κ2) is 7.65. The molecule has 0 bridgehead atoms. The lowest BCUT2D eigenvalue weighted by molar-refractivity contribution is -0.113. The van der Waals surface area contributed by atoms with Gasteiger partial charge in [-0.1, -0.05) is 25.5 Å². The molecule has 0 atom stereocenters. The fraction of sp³-hybridized carbons (Fsp3) is 0.375. The Kier molecular flexibility index (Phi) is 5.85. The summed E-state index contributed by atoms with van der Waals surface area (Å²) in [6, 6.07) is 5.97. The molecule has 0 saturated heterocycles. The number of amides is 1. The van der Waals surface area contributed by atoms with Gasteiger partial charge in [0.2, 0.25) is 5.91 Å². The topological polar surface area (TPSA) is 51.2 Å². The van der Waals surface area contributed by atoms with E-state index in [9.17, 15) is 4.79 Å². The van der Waals surface area contributed by atoms with Gasteiger partial charge in [-0.05, 0) is 24.3 Å². The van der Waals surface area contributed by atoms with E-state index < -0.39 is 0 Å². The molecular formula is C16H20N2O2S2. The SMILES string of the molecule is COc1ccc(C)cc1-c1csc(NC(=O)CSC(C)C)n1. The normalized spacial score (nSPS) is 10.8. The molecule has 0 unspecified atom stereocenters. The Bertz CT molecular complexity index is 653. The number of methoxy groups -OCH3 is 1. The van der Waals surface area contributed by atoms with Crippen LogP contribution >= 0.6 is 23.1 Å². The molecule has 1 aromatic carbocycles. The lowest BCUT2D eigenvalue weighted by atomic mass is 10.1. The second-order valence-electron chi connectivity index (χ2n) is 5.15. The van der Waals surface area contributed by atoms with Crippen LogP contribution in [0.5, 0.6) is 5.75 Å². The zero-order valence-electron chi connectivity index (χ0n) is 13.2. The molecular weight excluding hydrogens is 316 g/mol. The summed E-state index contributed by atoms with van der Waals surface area (Å²) in [5, 5.41) is 5.84. The van der Waals surface area contributed by atoms with Crippen molar-refractivity contribution in [2.45, 2.75) is 26.0 Å². The summed E-state index contributed by atoms with van der Waals surface area (Å²) in [7, 11) is 1.65. The van der Waals surface area contributed by atoms with Crippen LogP contribution in [-0.4, -0.2) is 29.0 Å². The average Bonchev–Trinajstić information content (AvgIpc) is 2.93. The number of hydrogen-bond donors (Lipinski definition) is 1. The van der Waals surface area contributed by atoms with Gasteiger partial charge in [-0.3, -0.25) is 4.79 Å². The van der Waals surface area contributed by atoms with Crippen molar-refractivity contribution in [3.05, 3.63) is 29.1 Å². The number of rotatable bonds is 6. The third-order valence-electron chi connectivity index (χ3n) is 2.93. The van der Waals surface area contributed by atoms with Gasteiger partial charge >= 0.3 is 0 Å². The van der Waals surface area contributed by atoms with Crippen molar-refractivity contribution in [2.24, 2.45) is 0 Å². The van der Waals surface area contributed by atoms with Gasteiger partial charge in [-0.2, -0.15) is 0 Å². The van der Waals surface area contributed by atoms with E-state index in [1.165, 1.54) is 11.3 Å². The lowest BCUT2D eigenvalue weighted by Gasteiger charge is -2.07. The Labute approximate surface area is 139 Å². The van der Waals surface area contributed by atoms with E-state index in [1.54, 1.807) is 18.9 Å². The van der Waals surface area contributed by atoms with Crippen LogP contribution in [0.15, 0.2) is 23.6 Å². The largest absolute Gasteiger partial charge is 0.496 e. The van der Waals surface area contributed by atoms with Gasteiger partial charge in [0.15, 0.2) is 5.13 Å². The quantitative estimate of drug-likeness (QED) is 0.858. The molecule has 1 amide bonds. The van der Waals surface area contributed by atoms with E-state index in [4.69, 9.17) is 4.74 Å². The minimum atomic E-state index is -0.0178. The number of carbonyl (C=O) groups is 1. The Morgan fingerprint density at radius 2 is 2.23 bits per heavy atom. The summed E-state index contributed by atoms with van der Waals surface area (Å²) >= 11 is 3.04. The minimum absolute atomic E-state index is 0.0178. The summed E-state index contributed by atoms with van der Waals surface area (Å²) in [5.74, 6) is 1.21. The molecule has 1 aromatic heterocycles. The van der Waals surface area contributed by atoms with Gasteiger partial charge in [0.25, 0.3) is 0 Å². The minimum Gasteiger partial charge on any atom is -0.496 e. The van der Waals surface area contributed by atoms with Gasteiger partial charge in [0, 0.05) is 10.9 Å². The number of hydrogen-bond acceptors (Lipinski definition) is 5. The average molecular weight is 336 g/mol. The molecule has 0 aliphatic heterocycles. The second-order valence-corrected chi connectivity index (χ2v) is 7.57. The number of anilines is 1. The summed E-state index contributed by atoms with van der Waals surface area (Å²) in [5.41, 5.74) is 2.90. The lowest BCUT2D eigenvalue weighted by Crippen LogP contribution is -2.15. The molecule has 1 N–H and O–H groups in total. The molecule has 118 valence electrons. The molecule has 1 heterocycles. The van der Waals surface area contributed by atoms with Crippen LogP contribution in [0, 0.1) is 6.92 Å². The third kappa shape index (κ3) is 4.48. The van der Waals surface area contributed by atoms with Crippen LogP contribution in [0.1, 0.15) is 19.4 Å². The Morgan fingerprint density at radius 1 is 1.45 bits per heavy atom. The van der Waals surface area contributed by atoms with Crippen molar-refractivity contribution < 1.29 is 9.53 Å². The van der Waals surface area contributed by atoms with Gasteiger partial charge in [-0.25, -0.2) is 4.98 Å². The fourth-order valence-corrected chi connectivity index (χ4v) is 3.16. The van der Waals surface area contributed by atoms with Crippen LogP contribution < -0.4 is 10.1 Å². The van der Waals surface area contributed by atoms with E-state index >= 15 is 0 Å². The smallest absolute Gasteiger partial charge is 0.236 e. The molecule has 2 rings (SSSR count). The maximum atomic E-state index is 11.8. The maximum Gasteiger partial charge on any atom is 0.236 e. The van der Waals surface area contributed by atoms with E-state index in [1.807, 2.05) is 30.5 Å². The Morgan fingerprint density at radius 3 is 2.91 bits per heavy atom. The molecule has 6 heteroatoms. The third-order valence-corrected chi connectivity index (χ3v) is 4.78. The monoisotopic (exact) mass is 336 g/mol. The number of nitrogens with one attached hydrogen (secondary N) is 1. The van der Waals surface area contributed by atoms with Crippen molar-refractivity contribution in [1.29, 1.82) is 0 Å². The fourth-order valence-electron chi connectivity index (χ4n) is 1.87. The van der Waals surface area contributed by atoms with Gasteiger partial charge in [0.05, 0.1) is 18.6 Å². The molecule has 22 heavy (non-hydrogen) atoms. The number of aromatic nitrogens is 1. The molecule has 0 aliphatic carbocycles. The zero-order valence-corrected chi connectivity index (χ0v) is 14.8. The van der Waals surface area contributed by atoms with Crippen molar-refractivity contribution in [3.63, 3.8) is 0 Å². The number of carbonyl (C=O) groups excluding carboxylic acids is 1. The highest BCUT2D eigenvalue weighted by atomic mass is 32.2. The van der Waals surface area contributed by atoms with Gasteiger partial charge in [-0.15, -0.1) is 23.1 Å². The van der Waals surface area contributed by atoms with Crippen LogP contribution in [0.4, 0.5) is 5.13 Å². The van der Waals surface area contributed by atoms with Crippen molar-refractivity contribution in [3.8, 4) is 17.0 Å². The number of nitrogens with zero attached hydrogens (tertiary/aromatic N) is 1. The summed E-state index contributed by atoms with van der Waals surface area (Å²) in [4.78, 5) is 16.3. The molecule has 0 aliphatic rings. The first-order valence-electron chi connectivity index (χ1n) is 7.01. The highest BCUT2D eigenvalue weighted by Gasteiger charge is 2.12. The molecule has 0 spiro atoms. The van der Waals surface area contributed by atoms with Crippen molar-refractivity contribution >= 4 is 34.1 Å². The summed E-state index contributed by atoms with van der Waals surface area (Å²) < 4.78 is 5.38. The molecule has 2 aromatic rings. The van der Waals surface area contributed by atoms with Crippen LogP contribution in [-0.2, 0) is 4.79 Å². The van der Waals surface area contributed by atoms with Crippen molar-refractivity contribution in [2.75, 3.05) is 18.2 Å². The molecule has 4 nitrogen and oxygen atoms in total. The predicted molar refractivity (Wildman–Crippen MR) is 95.1 cm³/mol. The Balaban J connectivity index is 2.11. The zero-order chi connectivity index (χ0) is 16.1. The number of aryl methyl sites for hydroxylation is 1. The summed E-state index contributed by atoms with van der Waals surface area (Å²) in [6.07, 6.45) is 0. The first kappa shape index (κ1) is 16.8. The highest BCUT2D eigenvalue weighted by molar-refractivity contribution is 8.00. The molecule has 0 saturated carbocycles. The van der Waals surface area contributed by atoms with Crippen LogP contribution in [0.25, 0.3) is 11.3 Å². The van der Waals surface area contributed by atoms with Crippen LogP contribution in [0.2, 0.25) is 0 Å². The van der Waals surface area contributed by atoms with E-state index in [-0.39, 0.29) is 5.91 Å². The number of thiazole rings is 1. The number of benzene rings is 1. The predicted octanol–water partition coefficient (Wildman–Crippen LogP) is 4.21. The molecule has 0 radical (unpaired) electrons. The van der Waals surface area contributed by atoms with Gasteiger partial charge < -0.3 is 10.1 Å². The van der Waals surface area contributed by atoms with Gasteiger partial charge in [0.1, 0.15) is 5.75 Å². The number of ether oxygens (including phenoxy) is 1. The van der Waals surface area contributed by atoms with Crippen LogP contribution in [0.3, 0.4) is 0 Å². The van der Waals surface area contributed by atoms with E-state index in [0.717, 1.165) is 22.6 Å². The number of thioether (sulfide) groups is 1. The maximum absolute atomic E-state index is 11.8.